The Morgan fingerprint density at radius 3 is 2.29 bits per heavy atom. The first kappa shape index (κ1) is 12.4. The smallest absolute Gasteiger partial charge is 0.0412 e. The molecule has 0 N–H and O–H groups in total. The summed E-state index contributed by atoms with van der Waals surface area (Å²) in [4.78, 5) is 0. The Morgan fingerprint density at radius 1 is 0.571 bits per heavy atom. The van der Waals surface area contributed by atoms with Crippen LogP contribution in [0.4, 0.5) is 0 Å². The second-order valence-electron chi connectivity index (χ2n) is 5.23. The maximum atomic E-state index is 6.05. The van der Waals surface area contributed by atoms with Crippen LogP contribution in [0.15, 0.2) is 78.9 Å². The second kappa shape index (κ2) is 4.91. The lowest BCUT2D eigenvalue weighted by Gasteiger charge is -2.08. The molecule has 4 aromatic rings. The molecule has 0 atom stereocenters. The molecule has 1 heteroatoms. The van der Waals surface area contributed by atoms with Gasteiger partial charge < -0.3 is 0 Å². The van der Waals surface area contributed by atoms with Crippen molar-refractivity contribution in [3.8, 4) is 11.1 Å². The van der Waals surface area contributed by atoms with Gasteiger partial charge in [-0.05, 0) is 50.9 Å². The molecule has 0 saturated heterocycles. The first-order valence-electron chi connectivity index (χ1n) is 6.99. The molecule has 0 amide bonds. The van der Waals surface area contributed by atoms with Crippen molar-refractivity contribution < 1.29 is 0 Å². The molecule has 0 saturated carbocycles. The van der Waals surface area contributed by atoms with Crippen LogP contribution in [0.25, 0.3) is 32.7 Å². The minimum atomic E-state index is 0.778. The molecule has 0 aliphatic rings. The fourth-order valence-electron chi connectivity index (χ4n) is 2.86. The van der Waals surface area contributed by atoms with Crippen molar-refractivity contribution in [1.29, 1.82) is 0 Å². The molecule has 0 fully saturated rings. The van der Waals surface area contributed by atoms with Crippen molar-refractivity contribution in [3.63, 3.8) is 0 Å². The third-order valence-electron chi connectivity index (χ3n) is 3.90. The summed E-state index contributed by atoms with van der Waals surface area (Å²) >= 11 is 6.05. The van der Waals surface area contributed by atoms with Crippen LogP contribution < -0.4 is 0 Å². The minimum Gasteiger partial charge on any atom is -0.0843 e. The number of hydrogen-bond acceptors (Lipinski definition) is 0. The van der Waals surface area contributed by atoms with Gasteiger partial charge in [0, 0.05) is 5.02 Å². The van der Waals surface area contributed by atoms with Crippen LogP contribution in [0.2, 0.25) is 5.02 Å². The predicted molar refractivity (Wildman–Crippen MR) is 91.9 cm³/mol. The summed E-state index contributed by atoms with van der Waals surface area (Å²) in [6.07, 6.45) is 0. The highest BCUT2D eigenvalue weighted by Crippen LogP contribution is 2.31. The van der Waals surface area contributed by atoms with Gasteiger partial charge in [0.2, 0.25) is 0 Å². The Labute approximate surface area is 128 Å². The molecule has 0 bridgehead atoms. The van der Waals surface area contributed by atoms with Crippen LogP contribution in [0, 0.1) is 0 Å². The van der Waals surface area contributed by atoms with Gasteiger partial charge in [-0.2, -0.15) is 0 Å². The highest BCUT2D eigenvalue weighted by molar-refractivity contribution is 6.31. The van der Waals surface area contributed by atoms with E-state index in [4.69, 9.17) is 11.6 Å². The molecule has 0 aliphatic carbocycles. The average Bonchev–Trinajstić information content (AvgIpc) is 2.54. The molecule has 0 aliphatic heterocycles. The van der Waals surface area contributed by atoms with Crippen molar-refractivity contribution in [2.24, 2.45) is 0 Å². The molecule has 0 aromatic heterocycles. The van der Waals surface area contributed by atoms with Crippen molar-refractivity contribution >= 4 is 33.1 Å². The highest BCUT2D eigenvalue weighted by Gasteiger charge is 2.04. The van der Waals surface area contributed by atoms with E-state index in [2.05, 4.69) is 66.7 Å². The van der Waals surface area contributed by atoms with E-state index in [1.807, 2.05) is 12.1 Å². The summed E-state index contributed by atoms with van der Waals surface area (Å²) in [5.41, 5.74) is 2.51. The lowest BCUT2D eigenvalue weighted by atomic mass is 9.96. The van der Waals surface area contributed by atoms with E-state index in [1.165, 1.54) is 32.7 Å². The first-order valence-corrected chi connectivity index (χ1v) is 7.36. The van der Waals surface area contributed by atoms with E-state index in [9.17, 15) is 0 Å². The zero-order chi connectivity index (χ0) is 14.2. The largest absolute Gasteiger partial charge is 0.0843 e. The average molecular weight is 289 g/mol. The number of benzene rings is 4. The molecule has 4 rings (SSSR count). The Balaban J connectivity index is 1.98. The third-order valence-corrected chi connectivity index (χ3v) is 4.14. The van der Waals surface area contributed by atoms with Gasteiger partial charge in [-0.25, -0.2) is 0 Å². The fraction of sp³-hybridized carbons (Fsp3) is 0. The molecular weight excluding hydrogens is 276 g/mol. The van der Waals surface area contributed by atoms with E-state index in [1.54, 1.807) is 0 Å². The Kier molecular flexibility index (Phi) is 2.90. The van der Waals surface area contributed by atoms with Crippen LogP contribution in [0.1, 0.15) is 0 Å². The molecule has 0 radical (unpaired) electrons. The van der Waals surface area contributed by atoms with Gasteiger partial charge in [-0.3, -0.25) is 0 Å². The molecule has 0 unspecified atom stereocenters. The van der Waals surface area contributed by atoms with Crippen molar-refractivity contribution in [3.05, 3.63) is 83.9 Å². The topological polar surface area (TPSA) is 0 Å². The van der Waals surface area contributed by atoms with Gasteiger partial charge in [0.15, 0.2) is 0 Å². The van der Waals surface area contributed by atoms with Crippen LogP contribution >= 0.6 is 11.6 Å². The standard InChI is InChI=1S/C20H13Cl/c21-18-11-10-15-12-17(9-8-16(15)13-18)20-7-3-5-14-4-1-2-6-19(14)20/h1-13H. The van der Waals surface area contributed by atoms with Crippen molar-refractivity contribution in [2.75, 3.05) is 0 Å². The van der Waals surface area contributed by atoms with Gasteiger partial charge in [-0.15, -0.1) is 0 Å². The van der Waals surface area contributed by atoms with E-state index in [0.717, 1.165) is 5.02 Å². The van der Waals surface area contributed by atoms with Gasteiger partial charge in [0.1, 0.15) is 0 Å². The van der Waals surface area contributed by atoms with Crippen molar-refractivity contribution in [1.82, 2.24) is 0 Å². The summed E-state index contributed by atoms with van der Waals surface area (Å²) in [5, 5.41) is 5.72. The first-order chi connectivity index (χ1) is 10.3. The monoisotopic (exact) mass is 288 g/mol. The number of fused-ring (bicyclic) bond motifs is 2. The van der Waals surface area contributed by atoms with Crippen LogP contribution in [-0.4, -0.2) is 0 Å². The van der Waals surface area contributed by atoms with Crippen molar-refractivity contribution in [2.45, 2.75) is 0 Å². The molecule has 100 valence electrons. The highest BCUT2D eigenvalue weighted by atomic mass is 35.5. The van der Waals surface area contributed by atoms with Crippen LogP contribution in [0.5, 0.6) is 0 Å². The van der Waals surface area contributed by atoms with Crippen LogP contribution in [0.3, 0.4) is 0 Å². The summed E-state index contributed by atoms with van der Waals surface area (Å²) in [5.74, 6) is 0. The number of halogens is 1. The lowest BCUT2D eigenvalue weighted by Crippen LogP contribution is -1.82. The fourth-order valence-corrected chi connectivity index (χ4v) is 3.04. The molecule has 21 heavy (non-hydrogen) atoms. The Morgan fingerprint density at radius 2 is 1.33 bits per heavy atom. The quantitative estimate of drug-likeness (QED) is 0.385. The van der Waals surface area contributed by atoms with Crippen LogP contribution in [-0.2, 0) is 0 Å². The van der Waals surface area contributed by atoms with Gasteiger partial charge >= 0.3 is 0 Å². The lowest BCUT2D eigenvalue weighted by molar-refractivity contribution is 1.68. The Hall–Kier alpha value is -2.31. The van der Waals surface area contributed by atoms with Gasteiger partial charge in [-0.1, -0.05) is 72.3 Å². The van der Waals surface area contributed by atoms with Gasteiger partial charge in [0.05, 0.1) is 0 Å². The summed E-state index contributed by atoms with van der Waals surface area (Å²) in [7, 11) is 0. The molecule has 0 heterocycles. The molecule has 4 aromatic carbocycles. The zero-order valence-corrected chi connectivity index (χ0v) is 12.1. The Bertz CT molecular complexity index is 949. The molecule has 0 nitrogen and oxygen atoms in total. The maximum Gasteiger partial charge on any atom is 0.0412 e. The van der Waals surface area contributed by atoms with E-state index >= 15 is 0 Å². The number of hydrogen-bond donors (Lipinski definition) is 0. The summed E-state index contributed by atoms with van der Waals surface area (Å²) in [6.45, 7) is 0. The third kappa shape index (κ3) is 2.18. The summed E-state index contributed by atoms with van der Waals surface area (Å²) < 4.78 is 0. The maximum absolute atomic E-state index is 6.05. The zero-order valence-electron chi connectivity index (χ0n) is 11.4. The van der Waals surface area contributed by atoms with Gasteiger partial charge in [0.25, 0.3) is 0 Å². The number of rotatable bonds is 1. The molecular formula is C20H13Cl. The van der Waals surface area contributed by atoms with E-state index < -0.39 is 0 Å². The predicted octanol–water partition coefficient (Wildman–Crippen LogP) is 6.31. The molecule has 0 spiro atoms. The van der Waals surface area contributed by atoms with E-state index in [0.29, 0.717) is 0 Å². The summed E-state index contributed by atoms with van der Waals surface area (Å²) in [6, 6.07) is 27.5. The van der Waals surface area contributed by atoms with E-state index in [-0.39, 0.29) is 0 Å². The minimum absolute atomic E-state index is 0.778. The SMILES string of the molecule is Clc1ccc2cc(-c3cccc4ccccc34)ccc2c1. The second-order valence-corrected chi connectivity index (χ2v) is 5.67. The normalized spacial score (nSPS) is 11.1.